The molecule has 1 fully saturated rings. The van der Waals surface area contributed by atoms with E-state index in [1.165, 1.54) is 5.69 Å². The topological polar surface area (TPSA) is 26.8 Å². The van der Waals surface area contributed by atoms with E-state index < -0.39 is 0 Å². The first-order chi connectivity index (χ1) is 11.7. The van der Waals surface area contributed by atoms with Crippen molar-refractivity contribution >= 4 is 11.6 Å². The van der Waals surface area contributed by atoms with Gasteiger partial charge in [-0.2, -0.15) is 0 Å². The Labute approximate surface area is 144 Å². The van der Waals surface area contributed by atoms with E-state index in [4.69, 9.17) is 0 Å². The zero-order valence-electron chi connectivity index (χ0n) is 14.4. The summed E-state index contributed by atoms with van der Waals surface area (Å²) in [6.45, 7) is 3.64. The van der Waals surface area contributed by atoms with Gasteiger partial charge in [-0.3, -0.25) is 9.69 Å². The van der Waals surface area contributed by atoms with E-state index in [9.17, 15) is 4.79 Å². The second-order valence-electron chi connectivity index (χ2n) is 6.40. The van der Waals surface area contributed by atoms with E-state index in [0.717, 1.165) is 31.7 Å². The molecule has 4 nitrogen and oxygen atoms in total. The van der Waals surface area contributed by atoms with Crippen LogP contribution >= 0.6 is 0 Å². The summed E-state index contributed by atoms with van der Waals surface area (Å²) in [7, 11) is 3.66. The molecule has 0 unspecified atom stereocenters. The molecule has 126 valence electrons. The van der Waals surface area contributed by atoms with Gasteiger partial charge >= 0.3 is 0 Å². The number of piperazine rings is 1. The molecule has 1 aliphatic rings. The Morgan fingerprint density at radius 1 is 0.875 bits per heavy atom. The van der Waals surface area contributed by atoms with Crippen molar-refractivity contribution in [1.29, 1.82) is 0 Å². The lowest BCUT2D eigenvalue weighted by Gasteiger charge is -2.40. The van der Waals surface area contributed by atoms with Crippen molar-refractivity contribution in [3.05, 3.63) is 66.2 Å². The standard InChI is InChI=1S/C20H25N3O/c1-21(2)20(24)19(17-9-5-3-6-10-17)23-15-13-22(14-16-23)18-11-7-4-8-12-18/h3-12,19H,13-16H2,1-2H3/t19-/m1/s1. The minimum Gasteiger partial charge on any atom is -0.369 e. The SMILES string of the molecule is CN(C)C(=O)[C@@H](c1ccccc1)N1CCN(c2ccccc2)CC1. The smallest absolute Gasteiger partial charge is 0.244 e. The number of hydrogen-bond donors (Lipinski definition) is 0. The molecule has 0 N–H and O–H groups in total. The molecule has 1 saturated heterocycles. The van der Waals surface area contributed by atoms with E-state index >= 15 is 0 Å². The first kappa shape index (κ1) is 16.5. The number of nitrogens with zero attached hydrogens (tertiary/aromatic N) is 3. The molecule has 0 bridgehead atoms. The van der Waals surface area contributed by atoms with Crippen LogP contribution in [0.4, 0.5) is 5.69 Å². The van der Waals surface area contributed by atoms with Crippen LogP contribution in [0.15, 0.2) is 60.7 Å². The van der Waals surface area contributed by atoms with Gasteiger partial charge in [-0.05, 0) is 17.7 Å². The maximum Gasteiger partial charge on any atom is 0.244 e. The number of amides is 1. The molecule has 0 aromatic heterocycles. The van der Waals surface area contributed by atoms with Gasteiger partial charge in [0.05, 0.1) is 0 Å². The van der Waals surface area contributed by atoms with Gasteiger partial charge < -0.3 is 9.80 Å². The zero-order chi connectivity index (χ0) is 16.9. The molecule has 1 aliphatic heterocycles. The summed E-state index contributed by atoms with van der Waals surface area (Å²) in [5.41, 5.74) is 2.33. The average Bonchev–Trinajstić information content (AvgIpc) is 2.64. The molecule has 4 heteroatoms. The van der Waals surface area contributed by atoms with Crippen LogP contribution in [0.3, 0.4) is 0 Å². The Kier molecular flexibility index (Phi) is 5.16. The third kappa shape index (κ3) is 3.60. The Balaban J connectivity index is 1.75. The maximum atomic E-state index is 12.8. The van der Waals surface area contributed by atoms with Gasteiger partial charge in [0.15, 0.2) is 0 Å². The molecule has 3 rings (SSSR count). The first-order valence-electron chi connectivity index (χ1n) is 8.47. The van der Waals surface area contributed by atoms with Crippen molar-refractivity contribution < 1.29 is 4.79 Å². The van der Waals surface area contributed by atoms with Gasteiger partial charge in [-0.25, -0.2) is 0 Å². The lowest BCUT2D eigenvalue weighted by molar-refractivity contribution is -0.134. The van der Waals surface area contributed by atoms with Crippen LogP contribution in [0, 0.1) is 0 Å². The molecule has 1 atom stereocenters. The fourth-order valence-corrected chi connectivity index (χ4v) is 3.27. The second-order valence-corrected chi connectivity index (χ2v) is 6.40. The summed E-state index contributed by atoms with van der Waals surface area (Å²) in [5.74, 6) is 0.148. The minimum absolute atomic E-state index is 0.148. The van der Waals surface area contributed by atoms with E-state index in [1.807, 2.05) is 38.4 Å². The summed E-state index contributed by atoms with van der Waals surface area (Å²) in [4.78, 5) is 19.2. The number of anilines is 1. The van der Waals surface area contributed by atoms with Gasteiger partial charge in [-0.1, -0.05) is 48.5 Å². The quantitative estimate of drug-likeness (QED) is 0.865. The first-order valence-corrected chi connectivity index (χ1v) is 8.47. The van der Waals surface area contributed by atoms with E-state index in [1.54, 1.807) is 4.90 Å². The third-order valence-electron chi connectivity index (χ3n) is 4.59. The molecule has 0 spiro atoms. The summed E-state index contributed by atoms with van der Waals surface area (Å²) < 4.78 is 0. The van der Waals surface area contributed by atoms with Crippen LogP contribution in [0.25, 0.3) is 0 Å². The van der Waals surface area contributed by atoms with Crippen molar-refractivity contribution in [3.8, 4) is 0 Å². The van der Waals surface area contributed by atoms with Crippen molar-refractivity contribution in [2.45, 2.75) is 6.04 Å². The molecule has 1 amide bonds. The van der Waals surface area contributed by atoms with Crippen LogP contribution in [0.2, 0.25) is 0 Å². The molecular weight excluding hydrogens is 298 g/mol. The fourth-order valence-electron chi connectivity index (χ4n) is 3.27. The highest BCUT2D eigenvalue weighted by atomic mass is 16.2. The maximum absolute atomic E-state index is 12.8. The second kappa shape index (κ2) is 7.49. The Morgan fingerprint density at radius 2 is 1.42 bits per heavy atom. The Hall–Kier alpha value is -2.33. The molecule has 24 heavy (non-hydrogen) atoms. The number of benzene rings is 2. The predicted octanol–water partition coefficient (Wildman–Crippen LogP) is 2.64. The average molecular weight is 323 g/mol. The van der Waals surface area contributed by atoms with Crippen LogP contribution in [0.5, 0.6) is 0 Å². The van der Waals surface area contributed by atoms with Gasteiger partial charge in [0.1, 0.15) is 6.04 Å². The minimum atomic E-state index is -0.195. The monoisotopic (exact) mass is 323 g/mol. The Bertz CT molecular complexity index is 649. The lowest BCUT2D eigenvalue weighted by Crippen LogP contribution is -2.51. The number of carbonyl (C=O) groups is 1. The highest BCUT2D eigenvalue weighted by molar-refractivity contribution is 5.83. The van der Waals surface area contributed by atoms with Crippen LogP contribution in [-0.2, 0) is 4.79 Å². The zero-order valence-corrected chi connectivity index (χ0v) is 14.4. The lowest BCUT2D eigenvalue weighted by atomic mass is 10.0. The van der Waals surface area contributed by atoms with Gasteiger partial charge in [0.25, 0.3) is 0 Å². The highest BCUT2D eigenvalue weighted by Crippen LogP contribution is 2.25. The molecule has 0 radical (unpaired) electrons. The summed E-state index contributed by atoms with van der Waals surface area (Å²) in [5, 5.41) is 0. The van der Waals surface area contributed by atoms with E-state index in [2.05, 4.69) is 46.2 Å². The molecular formula is C20H25N3O. The van der Waals surface area contributed by atoms with Crippen LogP contribution in [-0.4, -0.2) is 56.0 Å². The van der Waals surface area contributed by atoms with E-state index in [-0.39, 0.29) is 11.9 Å². The van der Waals surface area contributed by atoms with Gasteiger partial charge in [0.2, 0.25) is 5.91 Å². The summed E-state index contributed by atoms with van der Waals surface area (Å²) >= 11 is 0. The molecule has 2 aromatic rings. The van der Waals surface area contributed by atoms with Gasteiger partial charge in [0, 0.05) is 46.0 Å². The third-order valence-corrected chi connectivity index (χ3v) is 4.59. The normalized spacial score (nSPS) is 16.7. The molecule has 0 saturated carbocycles. The number of carbonyl (C=O) groups excluding carboxylic acids is 1. The largest absolute Gasteiger partial charge is 0.369 e. The summed E-state index contributed by atoms with van der Waals surface area (Å²) in [6, 6.07) is 20.4. The summed E-state index contributed by atoms with van der Waals surface area (Å²) in [6.07, 6.45) is 0. The highest BCUT2D eigenvalue weighted by Gasteiger charge is 2.31. The van der Waals surface area contributed by atoms with Crippen molar-refractivity contribution in [3.63, 3.8) is 0 Å². The van der Waals surface area contributed by atoms with E-state index in [0.29, 0.717) is 0 Å². The van der Waals surface area contributed by atoms with Crippen molar-refractivity contribution in [1.82, 2.24) is 9.80 Å². The van der Waals surface area contributed by atoms with Gasteiger partial charge in [-0.15, -0.1) is 0 Å². The number of rotatable bonds is 4. The molecule has 1 heterocycles. The number of hydrogen-bond acceptors (Lipinski definition) is 3. The van der Waals surface area contributed by atoms with Crippen molar-refractivity contribution in [2.75, 3.05) is 45.2 Å². The Morgan fingerprint density at radius 3 is 1.96 bits per heavy atom. The predicted molar refractivity (Wildman–Crippen MR) is 98.1 cm³/mol. The molecule has 2 aromatic carbocycles. The molecule has 0 aliphatic carbocycles. The number of likely N-dealkylation sites (N-methyl/N-ethyl adjacent to an activating group) is 1. The van der Waals surface area contributed by atoms with Crippen LogP contribution in [0.1, 0.15) is 11.6 Å². The number of para-hydroxylation sites is 1. The van der Waals surface area contributed by atoms with Crippen molar-refractivity contribution in [2.24, 2.45) is 0 Å². The fraction of sp³-hybridized carbons (Fsp3) is 0.350. The van der Waals surface area contributed by atoms with Crippen LogP contribution < -0.4 is 4.90 Å².